The van der Waals surface area contributed by atoms with E-state index in [1.807, 2.05) is 27.0 Å². The van der Waals surface area contributed by atoms with Crippen molar-refractivity contribution < 1.29 is 4.74 Å². The average Bonchev–Trinajstić information content (AvgIpc) is 2.19. The van der Waals surface area contributed by atoms with Gasteiger partial charge in [-0.1, -0.05) is 51.3 Å². The first-order valence-electron chi connectivity index (χ1n) is 6.56. The first-order chi connectivity index (χ1) is 8.85. The van der Waals surface area contributed by atoms with Gasteiger partial charge in [-0.25, -0.2) is 5.01 Å². The Kier molecular flexibility index (Phi) is 7.11. The van der Waals surface area contributed by atoms with Gasteiger partial charge in [0.1, 0.15) is 5.60 Å². The van der Waals surface area contributed by atoms with Crippen LogP contribution < -0.4 is 5.43 Å². The van der Waals surface area contributed by atoms with Gasteiger partial charge in [-0.05, 0) is 45.4 Å². The zero-order valence-electron chi connectivity index (χ0n) is 13.8. The number of allylic oxidation sites excluding steroid dienone is 1. The fraction of sp³-hybridized carbons (Fsp3) is 0.667. The first-order valence-corrected chi connectivity index (χ1v) is 8.19. The third-order valence-electron chi connectivity index (χ3n) is 2.04. The van der Waals surface area contributed by atoms with E-state index in [0.717, 1.165) is 12.1 Å². The van der Waals surface area contributed by atoms with Crippen LogP contribution in [-0.2, 0) is 4.74 Å². The van der Waals surface area contributed by atoms with Gasteiger partial charge in [0, 0.05) is 5.70 Å². The minimum absolute atomic E-state index is 0.156. The molecule has 20 heavy (non-hydrogen) atoms. The topological polar surface area (TPSA) is 24.5 Å². The minimum Gasteiger partial charge on any atom is -0.472 e. The van der Waals surface area contributed by atoms with Gasteiger partial charge in [0.05, 0.1) is 0 Å². The second-order valence-corrected chi connectivity index (χ2v) is 8.31. The van der Waals surface area contributed by atoms with Gasteiger partial charge in [-0.15, -0.1) is 0 Å². The lowest BCUT2D eigenvalue weighted by Gasteiger charge is -2.33. The molecule has 0 fully saturated rings. The molecule has 1 N–H and O–H groups in total. The highest BCUT2D eigenvalue weighted by atomic mass is 32.2. The van der Waals surface area contributed by atoms with Crippen LogP contribution in [0.1, 0.15) is 48.0 Å². The van der Waals surface area contributed by atoms with E-state index >= 15 is 0 Å². The standard InChI is InChI=1S/C15H28N2OS2/c1-11(10-14(3,4)5)16-17(13(19)20-9)12(2)18-15(6,7)8/h16H,1-2,10H2,3-9H3. The molecule has 0 aromatic rings. The summed E-state index contributed by atoms with van der Waals surface area (Å²) in [5.41, 5.74) is 3.91. The molecule has 0 saturated carbocycles. The van der Waals surface area contributed by atoms with Crippen LogP contribution in [0.15, 0.2) is 24.7 Å². The third-order valence-corrected chi connectivity index (χ3v) is 3.26. The Morgan fingerprint density at radius 3 is 2.05 bits per heavy atom. The van der Waals surface area contributed by atoms with Crippen molar-refractivity contribution >= 4 is 28.3 Å². The summed E-state index contributed by atoms with van der Waals surface area (Å²) in [5, 5.41) is 1.68. The Bertz CT molecular complexity index is 378. The van der Waals surface area contributed by atoms with Crippen LogP contribution in [0.3, 0.4) is 0 Å². The lowest BCUT2D eigenvalue weighted by Crippen LogP contribution is -2.42. The molecule has 0 aliphatic rings. The summed E-state index contributed by atoms with van der Waals surface area (Å²) in [6, 6.07) is 0. The van der Waals surface area contributed by atoms with Crippen LogP contribution in [0.4, 0.5) is 0 Å². The Morgan fingerprint density at radius 1 is 1.20 bits per heavy atom. The van der Waals surface area contributed by atoms with Crippen LogP contribution in [0, 0.1) is 5.41 Å². The largest absolute Gasteiger partial charge is 0.472 e. The lowest BCUT2D eigenvalue weighted by molar-refractivity contribution is 0.0128. The van der Waals surface area contributed by atoms with Crippen molar-refractivity contribution in [1.82, 2.24) is 10.4 Å². The Balaban J connectivity index is 4.87. The number of hydrogen-bond acceptors (Lipinski definition) is 4. The van der Waals surface area contributed by atoms with Gasteiger partial charge in [-0.2, -0.15) is 0 Å². The zero-order valence-corrected chi connectivity index (χ0v) is 15.4. The first kappa shape index (κ1) is 19.3. The van der Waals surface area contributed by atoms with Crippen LogP contribution >= 0.6 is 24.0 Å². The normalized spacial score (nSPS) is 11.8. The molecule has 0 bridgehead atoms. The molecular formula is C15H28N2OS2. The fourth-order valence-electron chi connectivity index (χ4n) is 1.54. The molecule has 0 unspecified atom stereocenters. The van der Waals surface area contributed by atoms with Gasteiger partial charge in [0.2, 0.25) is 5.88 Å². The predicted molar refractivity (Wildman–Crippen MR) is 94.3 cm³/mol. The molecule has 116 valence electrons. The van der Waals surface area contributed by atoms with Crippen molar-refractivity contribution in [2.24, 2.45) is 5.41 Å². The van der Waals surface area contributed by atoms with Crippen molar-refractivity contribution in [3.63, 3.8) is 0 Å². The Labute approximate surface area is 133 Å². The van der Waals surface area contributed by atoms with Crippen molar-refractivity contribution in [2.75, 3.05) is 6.26 Å². The lowest BCUT2D eigenvalue weighted by atomic mass is 9.91. The second-order valence-electron chi connectivity index (χ2n) is 6.87. The number of hydrogen-bond donors (Lipinski definition) is 1. The smallest absolute Gasteiger partial charge is 0.207 e. The molecule has 0 rings (SSSR count). The summed E-state index contributed by atoms with van der Waals surface area (Å²) in [6.07, 6.45) is 2.76. The van der Waals surface area contributed by atoms with Crippen LogP contribution in [0.2, 0.25) is 0 Å². The van der Waals surface area contributed by atoms with Gasteiger partial charge >= 0.3 is 0 Å². The second kappa shape index (κ2) is 7.36. The molecule has 0 aliphatic heterocycles. The van der Waals surface area contributed by atoms with E-state index in [-0.39, 0.29) is 11.0 Å². The highest BCUT2D eigenvalue weighted by Crippen LogP contribution is 2.24. The van der Waals surface area contributed by atoms with E-state index in [0.29, 0.717) is 10.2 Å². The number of nitrogens with zero attached hydrogens (tertiary/aromatic N) is 1. The number of ether oxygens (including phenoxy) is 1. The van der Waals surface area contributed by atoms with E-state index in [4.69, 9.17) is 17.0 Å². The number of thioether (sulfide) groups is 1. The van der Waals surface area contributed by atoms with E-state index in [1.54, 1.807) is 5.01 Å². The van der Waals surface area contributed by atoms with Gasteiger partial charge in [-0.3, -0.25) is 5.43 Å². The summed E-state index contributed by atoms with van der Waals surface area (Å²) in [6.45, 7) is 20.4. The number of thiocarbonyl (C=S) groups is 1. The SMILES string of the molecule is C=C(CC(C)(C)C)NN(C(=C)OC(C)(C)C)C(=S)SC. The highest BCUT2D eigenvalue weighted by molar-refractivity contribution is 8.22. The van der Waals surface area contributed by atoms with Gasteiger partial charge < -0.3 is 4.74 Å². The monoisotopic (exact) mass is 316 g/mol. The summed E-state index contributed by atoms with van der Waals surface area (Å²) in [7, 11) is 0. The van der Waals surface area contributed by atoms with E-state index in [9.17, 15) is 0 Å². The highest BCUT2D eigenvalue weighted by Gasteiger charge is 2.21. The molecule has 0 aromatic carbocycles. The predicted octanol–water partition coefficient (Wildman–Crippen LogP) is 4.68. The number of nitrogens with one attached hydrogen (secondary N) is 1. The fourth-order valence-corrected chi connectivity index (χ4v) is 2.02. The molecule has 0 radical (unpaired) electrons. The maximum Gasteiger partial charge on any atom is 0.207 e. The Hall–Kier alpha value is -0.680. The van der Waals surface area contributed by atoms with Gasteiger partial charge in [0.25, 0.3) is 0 Å². The van der Waals surface area contributed by atoms with E-state index in [1.165, 1.54) is 11.8 Å². The third kappa shape index (κ3) is 8.48. The molecule has 0 saturated heterocycles. The minimum atomic E-state index is -0.323. The van der Waals surface area contributed by atoms with Crippen LogP contribution in [-0.4, -0.2) is 21.2 Å². The van der Waals surface area contributed by atoms with Crippen LogP contribution in [0.5, 0.6) is 0 Å². The Morgan fingerprint density at radius 2 is 1.70 bits per heavy atom. The maximum atomic E-state index is 5.78. The number of hydrazine groups is 1. The summed E-state index contributed by atoms with van der Waals surface area (Å²) in [5.74, 6) is 0.479. The van der Waals surface area contributed by atoms with Crippen molar-refractivity contribution in [2.45, 2.75) is 53.6 Å². The molecule has 5 heteroatoms. The summed E-state index contributed by atoms with van der Waals surface area (Å²) in [4.78, 5) is 0. The molecule has 3 nitrogen and oxygen atoms in total. The molecule has 0 amide bonds. The van der Waals surface area contributed by atoms with Crippen molar-refractivity contribution in [3.8, 4) is 0 Å². The molecular weight excluding hydrogens is 288 g/mol. The summed E-state index contributed by atoms with van der Waals surface area (Å²) >= 11 is 6.81. The van der Waals surface area contributed by atoms with E-state index < -0.39 is 0 Å². The molecule has 0 atom stereocenters. The van der Waals surface area contributed by atoms with E-state index in [2.05, 4.69) is 39.4 Å². The maximum absolute atomic E-state index is 5.78. The molecule has 0 aliphatic carbocycles. The quantitative estimate of drug-likeness (QED) is 0.451. The van der Waals surface area contributed by atoms with Crippen LogP contribution in [0.25, 0.3) is 0 Å². The van der Waals surface area contributed by atoms with Crippen molar-refractivity contribution in [1.29, 1.82) is 0 Å². The average molecular weight is 317 g/mol. The summed E-state index contributed by atoms with van der Waals surface area (Å²) < 4.78 is 6.43. The molecule has 0 heterocycles. The molecule has 0 aromatic heterocycles. The number of rotatable bonds is 5. The van der Waals surface area contributed by atoms with Gasteiger partial charge in [0.15, 0.2) is 4.32 Å². The molecule has 0 spiro atoms. The van der Waals surface area contributed by atoms with Crippen molar-refractivity contribution in [3.05, 3.63) is 24.7 Å². The zero-order chi connectivity index (χ0) is 16.1.